The van der Waals surface area contributed by atoms with Crippen LogP contribution in [0.4, 0.5) is 5.69 Å². The van der Waals surface area contributed by atoms with Crippen LogP contribution in [0.25, 0.3) is 0 Å². The second-order valence-electron chi connectivity index (χ2n) is 3.42. The van der Waals surface area contributed by atoms with Gasteiger partial charge in [-0.15, -0.1) is 12.4 Å². The van der Waals surface area contributed by atoms with Gasteiger partial charge in [0.15, 0.2) is 0 Å². The molecule has 4 nitrogen and oxygen atoms in total. The fourth-order valence-corrected chi connectivity index (χ4v) is 1.66. The van der Waals surface area contributed by atoms with Gasteiger partial charge in [0.25, 0.3) is 0 Å². The molecule has 1 aliphatic heterocycles. The number of carbonyl (C=O) groups excluding carboxylic acids is 1. The van der Waals surface area contributed by atoms with E-state index in [1.165, 1.54) is 0 Å². The van der Waals surface area contributed by atoms with E-state index >= 15 is 0 Å². The first-order valence-corrected chi connectivity index (χ1v) is 4.96. The monoisotopic (exact) mass is 242 g/mol. The molecule has 1 fully saturated rings. The summed E-state index contributed by atoms with van der Waals surface area (Å²) in [7, 11) is 1.62. The fraction of sp³-hybridized carbons (Fsp3) is 0.364. The summed E-state index contributed by atoms with van der Waals surface area (Å²) in [5.41, 5.74) is 0.904. The van der Waals surface area contributed by atoms with Crippen molar-refractivity contribution in [1.82, 2.24) is 5.32 Å². The number of nitrogens with one attached hydrogen (secondary N) is 1. The molecule has 16 heavy (non-hydrogen) atoms. The van der Waals surface area contributed by atoms with Crippen LogP contribution in [0.15, 0.2) is 24.3 Å². The second kappa shape index (κ2) is 5.72. The van der Waals surface area contributed by atoms with Gasteiger partial charge in [0.1, 0.15) is 5.75 Å². The topological polar surface area (TPSA) is 41.6 Å². The summed E-state index contributed by atoms with van der Waals surface area (Å²) in [5, 5.41) is 3.04. The summed E-state index contributed by atoms with van der Waals surface area (Å²) in [6.45, 7) is 1.96. The molecule has 1 N–H and O–H groups in total. The van der Waals surface area contributed by atoms with Crippen molar-refractivity contribution in [2.24, 2.45) is 0 Å². The van der Waals surface area contributed by atoms with Crippen LogP contribution in [0.1, 0.15) is 0 Å². The smallest absolute Gasteiger partial charge is 0.240 e. The van der Waals surface area contributed by atoms with Gasteiger partial charge >= 0.3 is 0 Å². The van der Waals surface area contributed by atoms with Crippen LogP contribution in [0, 0.1) is 0 Å². The lowest BCUT2D eigenvalue weighted by molar-refractivity contribution is -0.118. The predicted octanol–water partition coefficient (Wildman–Crippen LogP) is 1.05. The van der Waals surface area contributed by atoms with Crippen molar-refractivity contribution in [3.8, 4) is 5.75 Å². The third-order valence-electron chi connectivity index (χ3n) is 2.45. The van der Waals surface area contributed by atoms with Crippen LogP contribution in [0.5, 0.6) is 5.75 Å². The molecule has 1 aromatic rings. The minimum Gasteiger partial charge on any atom is -0.497 e. The van der Waals surface area contributed by atoms with Gasteiger partial charge in [0, 0.05) is 24.8 Å². The standard InChI is InChI=1S/C11H14N2O2.ClH/c1-15-10-4-2-3-9(7-10)13-6-5-12-8-11(13)14;/h2-4,7,12H,5-6,8H2,1H3;1H. The summed E-state index contributed by atoms with van der Waals surface area (Å²) < 4.78 is 5.13. The van der Waals surface area contributed by atoms with E-state index in [4.69, 9.17) is 4.74 Å². The Bertz CT molecular complexity index is 371. The first kappa shape index (κ1) is 12.8. The summed E-state index contributed by atoms with van der Waals surface area (Å²) in [6.07, 6.45) is 0. The molecule has 1 amide bonds. The molecule has 5 heteroatoms. The third kappa shape index (κ3) is 2.65. The molecule has 1 heterocycles. The molecule has 0 bridgehead atoms. The van der Waals surface area contributed by atoms with Crippen molar-refractivity contribution in [1.29, 1.82) is 0 Å². The molecular formula is C11H15ClN2O2. The molecule has 0 unspecified atom stereocenters. The Hall–Kier alpha value is -1.26. The minimum atomic E-state index is 0. The number of ether oxygens (including phenoxy) is 1. The molecule has 1 aromatic carbocycles. The molecule has 0 radical (unpaired) electrons. The minimum absolute atomic E-state index is 0. The zero-order valence-electron chi connectivity index (χ0n) is 9.10. The lowest BCUT2D eigenvalue weighted by atomic mass is 10.2. The number of halogens is 1. The van der Waals surface area contributed by atoms with Crippen LogP contribution in [-0.2, 0) is 4.79 Å². The zero-order valence-corrected chi connectivity index (χ0v) is 9.92. The van der Waals surface area contributed by atoms with Gasteiger partial charge < -0.3 is 15.0 Å². The number of nitrogens with zero attached hydrogens (tertiary/aromatic N) is 1. The Labute approximate surface area is 101 Å². The van der Waals surface area contributed by atoms with Gasteiger partial charge in [-0.3, -0.25) is 4.79 Å². The number of hydrogen-bond donors (Lipinski definition) is 1. The molecular weight excluding hydrogens is 228 g/mol. The molecule has 0 saturated carbocycles. The van der Waals surface area contributed by atoms with Crippen molar-refractivity contribution in [3.63, 3.8) is 0 Å². The average molecular weight is 243 g/mol. The number of benzene rings is 1. The van der Waals surface area contributed by atoms with Gasteiger partial charge in [0.2, 0.25) is 5.91 Å². The Morgan fingerprint density at radius 2 is 2.25 bits per heavy atom. The highest BCUT2D eigenvalue weighted by atomic mass is 35.5. The maximum Gasteiger partial charge on any atom is 0.240 e. The fourth-order valence-electron chi connectivity index (χ4n) is 1.66. The van der Waals surface area contributed by atoms with E-state index < -0.39 is 0 Å². The van der Waals surface area contributed by atoms with Crippen molar-refractivity contribution in [2.75, 3.05) is 31.6 Å². The Morgan fingerprint density at radius 3 is 2.94 bits per heavy atom. The summed E-state index contributed by atoms with van der Waals surface area (Å²) in [5.74, 6) is 0.883. The van der Waals surface area contributed by atoms with Crippen molar-refractivity contribution in [2.45, 2.75) is 0 Å². The second-order valence-corrected chi connectivity index (χ2v) is 3.42. The highest BCUT2D eigenvalue weighted by Gasteiger charge is 2.19. The highest BCUT2D eigenvalue weighted by molar-refractivity contribution is 5.95. The molecule has 0 aromatic heterocycles. The molecule has 88 valence electrons. The van der Waals surface area contributed by atoms with E-state index in [2.05, 4.69) is 5.32 Å². The van der Waals surface area contributed by atoms with Gasteiger partial charge in [-0.25, -0.2) is 0 Å². The molecule has 0 aliphatic carbocycles. The first-order chi connectivity index (χ1) is 7.31. The third-order valence-corrected chi connectivity index (χ3v) is 2.45. The number of carbonyl (C=O) groups is 1. The van der Waals surface area contributed by atoms with Gasteiger partial charge in [0.05, 0.1) is 13.7 Å². The summed E-state index contributed by atoms with van der Waals surface area (Å²) in [6, 6.07) is 7.56. The van der Waals surface area contributed by atoms with Crippen LogP contribution in [0.3, 0.4) is 0 Å². The Kier molecular flexibility index (Phi) is 4.58. The lowest BCUT2D eigenvalue weighted by Crippen LogP contribution is -2.48. The normalized spacial score (nSPS) is 15.6. The maximum atomic E-state index is 11.6. The van der Waals surface area contributed by atoms with E-state index in [9.17, 15) is 4.79 Å². The van der Waals surface area contributed by atoms with E-state index in [0.29, 0.717) is 13.1 Å². The Balaban J connectivity index is 0.00000128. The largest absolute Gasteiger partial charge is 0.497 e. The molecule has 1 aliphatic rings. The van der Waals surface area contributed by atoms with E-state index in [0.717, 1.165) is 18.0 Å². The van der Waals surface area contributed by atoms with Crippen LogP contribution in [-0.4, -0.2) is 32.7 Å². The molecule has 2 rings (SSSR count). The number of hydrogen-bond acceptors (Lipinski definition) is 3. The number of methoxy groups -OCH3 is 1. The van der Waals surface area contributed by atoms with Gasteiger partial charge in [-0.2, -0.15) is 0 Å². The lowest BCUT2D eigenvalue weighted by Gasteiger charge is -2.27. The Morgan fingerprint density at radius 1 is 1.44 bits per heavy atom. The van der Waals surface area contributed by atoms with E-state index in [-0.39, 0.29) is 18.3 Å². The predicted molar refractivity (Wildman–Crippen MR) is 65.5 cm³/mol. The van der Waals surface area contributed by atoms with Crippen LogP contribution < -0.4 is 15.0 Å². The van der Waals surface area contributed by atoms with Gasteiger partial charge in [-0.05, 0) is 12.1 Å². The molecule has 0 spiro atoms. The summed E-state index contributed by atoms with van der Waals surface area (Å²) in [4.78, 5) is 13.4. The molecule has 1 saturated heterocycles. The van der Waals surface area contributed by atoms with Crippen molar-refractivity contribution >= 4 is 24.0 Å². The number of rotatable bonds is 2. The van der Waals surface area contributed by atoms with Crippen molar-refractivity contribution in [3.05, 3.63) is 24.3 Å². The zero-order chi connectivity index (χ0) is 10.7. The van der Waals surface area contributed by atoms with E-state index in [1.54, 1.807) is 12.0 Å². The maximum absolute atomic E-state index is 11.6. The number of piperazine rings is 1. The number of amides is 1. The number of anilines is 1. The van der Waals surface area contributed by atoms with E-state index in [1.807, 2.05) is 24.3 Å². The highest BCUT2D eigenvalue weighted by Crippen LogP contribution is 2.21. The SMILES string of the molecule is COc1cccc(N2CCNCC2=O)c1.Cl. The van der Waals surface area contributed by atoms with Crippen LogP contribution >= 0.6 is 12.4 Å². The van der Waals surface area contributed by atoms with Crippen molar-refractivity contribution < 1.29 is 9.53 Å². The first-order valence-electron chi connectivity index (χ1n) is 4.96. The van der Waals surface area contributed by atoms with Gasteiger partial charge in [-0.1, -0.05) is 6.07 Å². The molecule has 0 atom stereocenters. The average Bonchev–Trinajstić information content (AvgIpc) is 2.30. The summed E-state index contributed by atoms with van der Waals surface area (Å²) >= 11 is 0. The quantitative estimate of drug-likeness (QED) is 0.843. The van der Waals surface area contributed by atoms with Crippen LogP contribution in [0.2, 0.25) is 0 Å².